The van der Waals surface area contributed by atoms with Gasteiger partial charge in [0.15, 0.2) is 0 Å². The van der Waals surface area contributed by atoms with Crippen LogP contribution in [0.4, 0.5) is 0 Å². The van der Waals surface area contributed by atoms with Gasteiger partial charge in [-0.25, -0.2) is 0 Å². The summed E-state index contributed by atoms with van der Waals surface area (Å²) in [5.74, 6) is 0.0486. The predicted octanol–water partition coefficient (Wildman–Crippen LogP) is 1.22. The van der Waals surface area contributed by atoms with Crippen molar-refractivity contribution in [3.63, 3.8) is 0 Å². The zero-order valence-corrected chi connectivity index (χ0v) is 12.4. The Hall–Kier alpha value is -1.43. The van der Waals surface area contributed by atoms with Crippen molar-refractivity contribution < 1.29 is 4.79 Å². The minimum Gasteiger partial charge on any atom is -0.393 e. The van der Waals surface area contributed by atoms with Crippen LogP contribution in [0.15, 0.2) is 0 Å². The molecule has 3 N–H and O–H groups in total. The quantitative estimate of drug-likeness (QED) is 0.817. The summed E-state index contributed by atoms with van der Waals surface area (Å²) in [6.45, 7) is 3.75. The van der Waals surface area contributed by atoms with Crippen LogP contribution in [0.1, 0.15) is 41.0 Å². The van der Waals surface area contributed by atoms with E-state index in [1.807, 2.05) is 20.9 Å². The van der Waals surface area contributed by atoms with E-state index in [0.717, 1.165) is 30.7 Å². The predicted molar refractivity (Wildman–Crippen MR) is 78.1 cm³/mol. The molecule has 1 saturated carbocycles. The van der Waals surface area contributed by atoms with E-state index in [2.05, 4.69) is 10.4 Å². The lowest BCUT2D eigenvalue weighted by molar-refractivity contribution is 0.0932. The fourth-order valence-electron chi connectivity index (χ4n) is 2.82. The van der Waals surface area contributed by atoms with Crippen molar-refractivity contribution in [2.24, 2.45) is 18.7 Å². The molecule has 0 aliphatic heterocycles. The third kappa shape index (κ3) is 2.63. The summed E-state index contributed by atoms with van der Waals surface area (Å²) in [6.07, 6.45) is 2.95. The van der Waals surface area contributed by atoms with E-state index in [1.54, 1.807) is 4.68 Å². The minimum atomic E-state index is -0.0729. The Kier molecular flexibility index (Phi) is 3.89. The van der Waals surface area contributed by atoms with Crippen molar-refractivity contribution >= 4 is 23.1 Å². The molecule has 0 saturated heterocycles. The largest absolute Gasteiger partial charge is 0.393 e. The van der Waals surface area contributed by atoms with E-state index in [9.17, 15) is 4.79 Å². The van der Waals surface area contributed by atoms with E-state index in [4.69, 9.17) is 18.0 Å². The Balaban J connectivity index is 2.15. The fraction of sp³-hybridized carbons (Fsp3) is 0.615. The standard InChI is InChI=1S/C13H20N4OS/c1-7-11(8(2)17(3)16-7)13(18)15-10-6-4-5-9(10)12(14)19/h9-10H,4-6H2,1-3H3,(H2,14,19)(H,15,18). The van der Waals surface area contributed by atoms with Crippen molar-refractivity contribution in [2.75, 3.05) is 0 Å². The summed E-state index contributed by atoms with van der Waals surface area (Å²) in [5.41, 5.74) is 8.02. The second kappa shape index (κ2) is 5.28. The van der Waals surface area contributed by atoms with E-state index in [1.165, 1.54) is 0 Å². The van der Waals surface area contributed by atoms with Gasteiger partial charge in [0.05, 0.1) is 16.2 Å². The van der Waals surface area contributed by atoms with Crippen molar-refractivity contribution in [1.82, 2.24) is 15.1 Å². The SMILES string of the molecule is Cc1nn(C)c(C)c1C(=O)NC1CCCC1C(N)=S. The lowest BCUT2D eigenvalue weighted by atomic mass is 10.0. The van der Waals surface area contributed by atoms with Gasteiger partial charge in [-0.1, -0.05) is 18.6 Å². The first-order chi connectivity index (χ1) is 8.91. The van der Waals surface area contributed by atoms with Crippen LogP contribution in [0.2, 0.25) is 0 Å². The van der Waals surface area contributed by atoms with Gasteiger partial charge in [-0.05, 0) is 26.7 Å². The highest BCUT2D eigenvalue weighted by Crippen LogP contribution is 2.26. The van der Waals surface area contributed by atoms with Crippen molar-refractivity contribution in [1.29, 1.82) is 0 Å². The summed E-state index contributed by atoms with van der Waals surface area (Å²) in [6, 6.07) is 0.0593. The van der Waals surface area contributed by atoms with Gasteiger partial charge < -0.3 is 11.1 Å². The van der Waals surface area contributed by atoms with Crippen LogP contribution in [0.25, 0.3) is 0 Å². The van der Waals surface area contributed by atoms with Gasteiger partial charge in [-0.15, -0.1) is 0 Å². The number of nitrogens with two attached hydrogens (primary N) is 1. The average Bonchev–Trinajstić information content (AvgIpc) is 2.85. The number of hydrogen-bond acceptors (Lipinski definition) is 3. The molecule has 1 amide bonds. The monoisotopic (exact) mass is 280 g/mol. The number of thiocarbonyl (C=S) groups is 1. The lowest BCUT2D eigenvalue weighted by Gasteiger charge is -2.20. The first kappa shape index (κ1) is 14.0. The molecule has 6 heteroatoms. The summed E-state index contributed by atoms with van der Waals surface area (Å²) in [5, 5.41) is 7.33. The highest BCUT2D eigenvalue weighted by molar-refractivity contribution is 7.80. The normalized spacial score (nSPS) is 22.5. The van der Waals surface area contributed by atoms with Crippen molar-refractivity contribution in [2.45, 2.75) is 39.2 Å². The molecule has 1 aliphatic carbocycles. The Labute approximate surface area is 118 Å². The number of rotatable bonds is 3. The van der Waals surface area contributed by atoms with Gasteiger partial charge in [-0.2, -0.15) is 5.10 Å². The van der Waals surface area contributed by atoms with Crippen LogP contribution in [-0.2, 0) is 7.05 Å². The summed E-state index contributed by atoms with van der Waals surface area (Å²) in [7, 11) is 1.84. The molecular weight excluding hydrogens is 260 g/mol. The van der Waals surface area contributed by atoms with Gasteiger partial charge in [0.25, 0.3) is 5.91 Å². The number of carbonyl (C=O) groups excluding carboxylic acids is 1. The van der Waals surface area contributed by atoms with E-state index >= 15 is 0 Å². The first-order valence-corrected chi connectivity index (χ1v) is 6.93. The second-order valence-electron chi connectivity index (χ2n) is 5.19. The third-order valence-corrected chi connectivity index (χ3v) is 4.24. The zero-order chi connectivity index (χ0) is 14.2. The number of amides is 1. The number of nitrogens with zero attached hydrogens (tertiary/aromatic N) is 2. The third-order valence-electron chi connectivity index (χ3n) is 3.93. The first-order valence-electron chi connectivity index (χ1n) is 6.52. The van der Waals surface area contributed by atoms with Gasteiger partial charge in [0, 0.05) is 24.7 Å². The van der Waals surface area contributed by atoms with Crippen molar-refractivity contribution in [3.05, 3.63) is 17.0 Å². The average molecular weight is 280 g/mol. The van der Waals surface area contributed by atoms with Crippen molar-refractivity contribution in [3.8, 4) is 0 Å². The van der Waals surface area contributed by atoms with E-state index in [0.29, 0.717) is 10.6 Å². The molecule has 1 aromatic rings. The zero-order valence-electron chi connectivity index (χ0n) is 11.6. The highest BCUT2D eigenvalue weighted by Gasteiger charge is 2.31. The van der Waals surface area contributed by atoms with Crippen LogP contribution in [-0.4, -0.2) is 26.7 Å². The van der Waals surface area contributed by atoms with Gasteiger partial charge >= 0.3 is 0 Å². The maximum Gasteiger partial charge on any atom is 0.255 e. The second-order valence-corrected chi connectivity index (χ2v) is 5.66. The fourth-order valence-corrected chi connectivity index (χ4v) is 3.10. The van der Waals surface area contributed by atoms with E-state index < -0.39 is 0 Å². The van der Waals surface area contributed by atoms with Crippen LogP contribution in [0.3, 0.4) is 0 Å². The maximum atomic E-state index is 12.4. The minimum absolute atomic E-state index is 0.0593. The van der Waals surface area contributed by atoms with Crippen LogP contribution in [0.5, 0.6) is 0 Å². The number of nitrogens with one attached hydrogen (secondary N) is 1. The molecule has 5 nitrogen and oxygen atoms in total. The maximum absolute atomic E-state index is 12.4. The Morgan fingerprint density at radius 1 is 1.47 bits per heavy atom. The van der Waals surface area contributed by atoms with E-state index in [-0.39, 0.29) is 17.9 Å². The molecule has 19 heavy (non-hydrogen) atoms. The molecular formula is C13H20N4OS. The smallest absolute Gasteiger partial charge is 0.255 e. The Morgan fingerprint density at radius 3 is 2.68 bits per heavy atom. The van der Waals surface area contributed by atoms with Crippen LogP contribution < -0.4 is 11.1 Å². The molecule has 1 aliphatic rings. The molecule has 104 valence electrons. The molecule has 0 bridgehead atoms. The molecule has 2 atom stereocenters. The van der Waals surface area contributed by atoms with Gasteiger partial charge in [0.1, 0.15) is 0 Å². The molecule has 1 fully saturated rings. The number of carbonyl (C=O) groups is 1. The van der Waals surface area contributed by atoms with Gasteiger partial charge in [-0.3, -0.25) is 9.48 Å². The summed E-state index contributed by atoms with van der Waals surface area (Å²) >= 11 is 5.07. The number of aromatic nitrogens is 2. The molecule has 1 heterocycles. The molecule has 0 aromatic carbocycles. The molecule has 1 aromatic heterocycles. The summed E-state index contributed by atoms with van der Waals surface area (Å²) in [4.78, 5) is 12.9. The molecule has 0 radical (unpaired) electrons. The summed E-state index contributed by atoms with van der Waals surface area (Å²) < 4.78 is 1.73. The topological polar surface area (TPSA) is 72.9 Å². The molecule has 0 spiro atoms. The number of aryl methyl sites for hydroxylation is 2. The Morgan fingerprint density at radius 2 is 2.16 bits per heavy atom. The lowest BCUT2D eigenvalue weighted by Crippen LogP contribution is -2.42. The molecule has 2 unspecified atom stereocenters. The number of hydrogen-bond donors (Lipinski definition) is 2. The Bertz CT molecular complexity index is 523. The van der Waals surface area contributed by atoms with Gasteiger partial charge in [0.2, 0.25) is 0 Å². The van der Waals surface area contributed by atoms with Crippen LogP contribution in [0, 0.1) is 19.8 Å². The van der Waals surface area contributed by atoms with Crippen LogP contribution >= 0.6 is 12.2 Å². The molecule has 2 rings (SSSR count). The highest BCUT2D eigenvalue weighted by atomic mass is 32.1.